The van der Waals surface area contributed by atoms with Crippen molar-refractivity contribution in [2.45, 2.75) is 32.6 Å². The highest BCUT2D eigenvalue weighted by Crippen LogP contribution is 2.24. The van der Waals surface area contributed by atoms with E-state index in [0.29, 0.717) is 16.5 Å². The van der Waals surface area contributed by atoms with Gasteiger partial charge in [-0.3, -0.25) is 4.79 Å². The van der Waals surface area contributed by atoms with Gasteiger partial charge in [-0.05, 0) is 67.8 Å². The summed E-state index contributed by atoms with van der Waals surface area (Å²) in [5, 5.41) is 12.4. The van der Waals surface area contributed by atoms with Gasteiger partial charge in [0.1, 0.15) is 5.75 Å². The Morgan fingerprint density at radius 1 is 1.03 bits per heavy atom. The number of aromatic nitrogens is 2. The van der Waals surface area contributed by atoms with Crippen molar-refractivity contribution in [1.29, 1.82) is 0 Å². The van der Waals surface area contributed by atoms with E-state index < -0.39 is 0 Å². The molecule has 0 spiro atoms. The minimum atomic E-state index is -0.239. The topological polar surface area (TPSA) is 67.3 Å². The molecule has 1 amide bonds. The quantitative estimate of drug-likeness (QED) is 0.536. The van der Waals surface area contributed by atoms with Crippen molar-refractivity contribution in [3.63, 3.8) is 0 Å². The van der Waals surface area contributed by atoms with Crippen LogP contribution in [0.4, 0.5) is 11.5 Å². The fourth-order valence-corrected chi connectivity index (χ4v) is 3.87. The number of halogens is 1. The number of benzene rings is 2. The number of carbonyl (C=O) groups is 1. The van der Waals surface area contributed by atoms with Crippen LogP contribution in [0.25, 0.3) is 11.3 Å². The molecule has 3 aromatic rings. The van der Waals surface area contributed by atoms with Gasteiger partial charge in [0.15, 0.2) is 12.4 Å². The fourth-order valence-electron chi connectivity index (χ4n) is 3.76. The maximum absolute atomic E-state index is 12.3. The number of nitrogens with zero attached hydrogens (tertiary/aromatic N) is 3. The second-order valence-electron chi connectivity index (χ2n) is 8.01. The summed E-state index contributed by atoms with van der Waals surface area (Å²) in [5.74, 6) is 1.29. The number of anilines is 2. The second-order valence-corrected chi connectivity index (χ2v) is 8.41. The van der Waals surface area contributed by atoms with Gasteiger partial charge in [0, 0.05) is 29.4 Å². The summed E-state index contributed by atoms with van der Waals surface area (Å²) in [4.78, 5) is 14.6. The highest BCUT2D eigenvalue weighted by molar-refractivity contribution is 6.31. The van der Waals surface area contributed by atoms with E-state index in [1.807, 2.05) is 49.4 Å². The Balaban J connectivity index is 1.37. The molecule has 166 valence electrons. The summed E-state index contributed by atoms with van der Waals surface area (Å²) in [6.07, 6.45) is 4.97. The van der Waals surface area contributed by atoms with Crippen LogP contribution in [0, 0.1) is 6.92 Å². The molecule has 0 aliphatic carbocycles. The molecule has 6 nitrogen and oxygen atoms in total. The van der Waals surface area contributed by atoms with Gasteiger partial charge in [-0.2, -0.15) is 0 Å². The Morgan fingerprint density at radius 2 is 1.84 bits per heavy atom. The predicted molar refractivity (Wildman–Crippen MR) is 128 cm³/mol. The first-order valence-corrected chi connectivity index (χ1v) is 11.3. The SMILES string of the molecule is Cc1cc(OCC(=O)Nc2cccc(-c3ccc(N4CCCCCC4)nn3)c2)ccc1Cl. The van der Waals surface area contributed by atoms with Crippen molar-refractivity contribution < 1.29 is 9.53 Å². The first-order valence-electron chi connectivity index (χ1n) is 11.0. The zero-order valence-electron chi connectivity index (χ0n) is 18.2. The van der Waals surface area contributed by atoms with Gasteiger partial charge in [-0.1, -0.05) is 36.6 Å². The van der Waals surface area contributed by atoms with Crippen molar-refractivity contribution in [1.82, 2.24) is 10.2 Å². The Labute approximate surface area is 193 Å². The molecule has 0 bridgehead atoms. The Bertz CT molecular complexity index is 1060. The first kappa shape index (κ1) is 22.1. The van der Waals surface area contributed by atoms with Crippen LogP contribution in [0.1, 0.15) is 31.2 Å². The maximum atomic E-state index is 12.3. The number of nitrogens with one attached hydrogen (secondary N) is 1. The van der Waals surface area contributed by atoms with Crippen LogP contribution in [0.5, 0.6) is 5.75 Å². The number of hydrogen-bond donors (Lipinski definition) is 1. The minimum Gasteiger partial charge on any atom is -0.484 e. The van der Waals surface area contributed by atoms with E-state index in [2.05, 4.69) is 20.4 Å². The van der Waals surface area contributed by atoms with Crippen molar-refractivity contribution >= 4 is 29.0 Å². The molecular formula is C25H27ClN4O2. The molecule has 1 aliphatic rings. The summed E-state index contributed by atoms with van der Waals surface area (Å²) < 4.78 is 5.57. The standard InChI is InChI=1S/C25H27ClN4O2/c1-18-15-21(9-10-22(18)26)32-17-25(31)27-20-8-6-7-19(16-20)23-11-12-24(29-28-23)30-13-4-2-3-5-14-30/h6-12,15-16H,2-5,13-14,17H2,1H3,(H,27,31). The average Bonchev–Trinajstić information content (AvgIpc) is 3.10. The number of aryl methyl sites for hydroxylation is 1. The highest BCUT2D eigenvalue weighted by Gasteiger charge is 2.12. The van der Waals surface area contributed by atoms with Gasteiger partial charge >= 0.3 is 0 Å². The van der Waals surface area contributed by atoms with Crippen LogP contribution in [0.3, 0.4) is 0 Å². The van der Waals surface area contributed by atoms with E-state index in [-0.39, 0.29) is 12.5 Å². The van der Waals surface area contributed by atoms with Crippen molar-refractivity contribution in [2.75, 3.05) is 29.9 Å². The average molecular weight is 451 g/mol. The summed E-state index contributed by atoms with van der Waals surface area (Å²) in [5.41, 5.74) is 3.25. The van der Waals surface area contributed by atoms with Crippen LogP contribution in [0.2, 0.25) is 5.02 Å². The third kappa shape index (κ3) is 5.77. The van der Waals surface area contributed by atoms with Crippen molar-refractivity contribution in [2.24, 2.45) is 0 Å². The molecule has 2 heterocycles. The van der Waals surface area contributed by atoms with Gasteiger partial charge in [0.05, 0.1) is 5.69 Å². The lowest BCUT2D eigenvalue weighted by Gasteiger charge is -2.20. The third-order valence-corrected chi connectivity index (χ3v) is 5.95. The Hall–Kier alpha value is -3.12. The van der Waals surface area contributed by atoms with Crippen molar-refractivity contribution in [3.8, 4) is 17.0 Å². The molecule has 4 rings (SSSR count). The number of carbonyl (C=O) groups excluding carboxylic acids is 1. The number of hydrogen-bond acceptors (Lipinski definition) is 5. The molecule has 2 aromatic carbocycles. The van der Waals surface area contributed by atoms with E-state index in [4.69, 9.17) is 16.3 Å². The highest BCUT2D eigenvalue weighted by atomic mass is 35.5. The molecule has 1 aliphatic heterocycles. The monoisotopic (exact) mass is 450 g/mol. The van der Waals surface area contributed by atoms with Gasteiger partial charge in [-0.25, -0.2) is 0 Å². The summed E-state index contributed by atoms with van der Waals surface area (Å²) in [6.45, 7) is 3.88. The van der Waals surface area contributed by atoms with Gasteiger partial charge in [0.2, 0.25) is 0 Å². The first-order chi connectivity index (χ1) is 15.6. The maximum Gasteiger partial charge on any atom is 0.262 e. The fraction of sp³-hybridized carbons (Fsp3) is 0.320. The largest absolute Gasteiger partial charge is 0.484 e. The smallest absolute Gasteiger partial charge is 0.262 e. The molecule has 1 saturated heterocycles. The summed E-state index contributed by atoms with van der Waals surface area (Å²) in [7, 11) is 0. The molecule has 0 saturated carbocycles. The lowest BCUT2D eigenvalue weighted by molar-refractivity contribution is -0.118. The summed E-state index contributed by atoms with van der Waals surface area (Å²) >= 11 is 6.02. The zero-order chi connectivity index (χ0) is 22.3. The van der Waals surface area contributed by atoms with Gasteiger partial charge in [0.25, 0.3) is 5.91 Å². The molecule has 0 radical (unpaired) electrons. The van der Waals surface area contributed by atoms with Crippen LogP contribution < -0.4 is 15.0 Å². The molecule has 1 aromatic heterocycles. The lowest BCUT2D eigenvalue weighted by atomic mass is 10.1. The van der Waals surface area contributed by atoms with Gasteiger partial charge < -0.3 is 15.0 Å². The number of rotatable bonds is 6. The van der Waals surface area contributed by atoms with Crippen LogP contribution >= 0.6 is 11.6 Å². The molecule has 32 heavy (non-hydrogen) atoms. The van der Waals surface area contributed by atoms with E-state index in [9.17, 15) is 4.79 Å². The number of amides is 1. The molecule has 0 unspecified atom stereocenters. The number of ether oxygens (including phenoxy) is 1. The molecule has 1 N–H and O–H groups in total. The minimum absolute atomic E-state index is 0.0877. The van der Waals surface area contributed by atoms with Crippen LogP contribution in [-0.4, -0.2) is 35.8 Å². The van der Waals surface area contributed by atoms with E-state index in [0.717, 1.165) is 35.7 Å². The molecule has 1 fully saturated rings. The normalized spacial score (nSPS) is 14.0. The third-order valence-electron chi connectivity index (χ3n) is 5.52. The van der Waals surface area contributed by atoms with E-state index in [1.54, 1.807) is 12.1 Å². The molecular weight excluding hydrogens is 424 g/mol. The van der Waals surface area contributed by atoms with E-state index >= 15 is 0 Å². The van der Waals surface area contributed by atoms with Crippen LogP contribution in [0.15, 0.2) is 54.6 Å². The van der Waals surface area contributed by atoms with Gasteiger partial charge in [-0.15, -0.1) is 10.2 Å². The van der Waals surface area contributed by atoms with Crippen LogP contribution in [-0.2, 0) is 4.79 Å². The summed E-state index contributed by atoms with van der Waals surface area (Å²) in [6, 6.07) is 16.9. The van der Waals surface area contributed by atoms with E-state index in [1.165, 1.54) is 25.7 Å². The predicted octanol–water partition coefficient (Wildman–Crippen LogP) is 5.50. The molecule has 7 heteroatoms. The van der Waals surface area contributed by atoms with Crippen molar-refractivity contribution in [3.05, 3.63) is 65.2 Å². The zero-order valence-corrected chi connectivity index (χ0v) is 18.9. The lowest BCUT2D eigenvalue weighted by Crippen LogP contribution is -2.25. The Kier molecular flexibility index (Phi) is 7.22. The molecule has 0 atom stereocenters. The Morgan fingerprint density at radius 3 is 2.56 bits per heavy atom. The second kappa shape index (κ2) is 10.5.